The fourth-order valence-corrected chi connectivity index (χ4v) is 2.35. The molecule has 2 rings (SSSR count). The van der Waals surface area contributed by atoms with Crippen LogP contribution < -0.4 is 4.90 Å². The molecular weight excluding hydrogens is 256 g/mol. The Balaban J connectivity index is 2.36. The van der Waals surface area contributed by atoms with Crippen LogP contribution in [0, 0.1) is 0 Å². The summed E-state index contributed by atoms with van der Waals surface area (Å²) in [5.74, 6) is -0.930. The minimum atomic E-state index is -0.930. The average molecular weight is 269 g/mol. The van der Waals surface area contributed by atoms with Crippen molar-refractivity contribution < 1.29 is 14.7 Å². The number of carbonyl (C=O) groups excluding carboxylic acids is 1. The number of carbonyl (C=O) groups is 2. The molecule has 1 aliphatic rings. The summed E-state index contributed by atoms with van der Waals surface area (Å²) in [6.45, 7) is 0.385. The molecule has 5 nitrogen and oxygen atoms in total. The van der Waals surface area contributed by atoms with E-state index in [1.165, 1.54) is 9.80 Å². The van der Waals surface area contributed by atoms with Gasteiger partial charge in [0.15, 0.2) is 0 Å². The van der Waals surface area contributed by atoms with Gasteiger partial charge in [-0.2, -0.15) is 0 Å². The van der Waals surface area contributed by atoms with Crippen molar-refractivity contribution in [3.8, 4) is 0 Å². The number of halogens is 1. The van der Waals surface area contributed by atoms with Gasteiger partial charge in [-0.1, -0.05) is 23.7 Å². The van der Waals surface area contributed by atoms with Gasteiger partial charge in [0.1, 0.15) is 0 Å². The summed E-state index contributed by atoms with van der Waals surface area (Å²) in [4.78, 5) is 25.8. The third-order valence-corrected chi connectivity index (χ3v) is 3.22. The first-order chi connectivity index (χ1) is 8.50. The molecule has 1 fully saturated rings. The quantitative estimate of drug-likeness (QED) is 0.913. The number of aliphatic carboxylic acids is 1. The van der Waals surface area contributed by atoms with Crippen LogP contribution in [0.2, 0.25) is 5.02 Å². The lowest BCUT2D eigenvalue weighted by atomic mass is 10.1. The van der Waals surface area contributed by atoms with E-state index < -0.39 is 5.97 Å². The van der Waals surface area contributed by atoms with Gasteiger partial charge in [-0.3, -0.25) is 9.69 Å². The molecule has 1 heterocycles. The monoisotopic (exact) mass is 268 g/mol. The fourth-order valence-electron chi connectivity index (χ4n) is 2.12. The van der Waals surface area contributed by atoms with Gasteiger partial charge in [0.25, 0.3) is 0 Å². The van der Waals surface area contributed by atoms with Crippen LogP contribution in [0.1, 0.15) is 6.42 Å². The molecule has 0 radical (unpaired) electrons. The number of carboxylic acid groups (broad SMARTS) is 1. The lowest BCUT2D eigenvalue weighted by Crippen LogP contribution is -2.36. The second kappa shape index (κ2) is 4.86. The van der Waals surface area contributed by atoms with E-state index in [2.05, 4.69) is 0 Å². The second-order valence-corrected chi connectivity index (χ2v) is 4.64. The van der Waals surface area contributed by atoms with Gasteiger partial charge in [0.2, 0.25) is 0 Å². The zero-order chi connectivity index (χ0) is 13.3. The van der Waals surface area contributed by atoms with Gasteiger partial charge < -0.3 is 10.0 Å². The molecule has 6 heteroatoms. The van der Waals surface area contributed by atoms with E-state index in [-0.39, 0.29) is 18.5 Å². The van der Waals surface area contributed by atoms with E-state index in [0.717, 1.165) is 0 Å². The number of urea groups is 1. The van der Waals surface area contributed by atoms with Gasteiger partial charge in [0.05, 0.1) is 23.2 Å². The molecule has 0 bridgehead atoms. The Morgan fingerprint density at radius 1 is 1.50 bits per heavy atom. The normalized spacial score (nSPS) is 19.4. The summed E-state index contributed by atoms with van der Waals surface area (Å²) >= 11 is 6.06. The number of benzene rings is 1. The van der Waals surface area contributed by atoms with Crippen LogP contribution in [0.25, 0.3) is 0 Å². The predicted octanol–water partition coefficient (Wildman–Crippen LogP) is 2.06. The molecule has 96 valence electrons. The van der Waals surface area contributed by atoms with Gasteiger partial charge in [-0.05, 0) is 12.1 Å². The largest absolute Gasteiger partial charge is 0.481 e. The maximum atomic E-state index is 12.1. The molecule has 2 amide bonds. The van der Waals surface area contributed by atoms with Crippen molar-refractivity contribution >= 4 is 29.3 Å². The number of likely N-dealkylation sites (N-methyl/N-ethyl adjacent to an activating group) is 1. The molecule has 1 atom stereocenters. The summed E-state index contributed by atoms with van der Waals surface area (Å²) in [6.07, 6.45) is -0.0959. The number of hydrogen-bond acceptors (Lipinski definition) is 2. The first-order valence-electron chi connectivity index (χ1n) is 5.51. The topological polar surface area (TPSA) is 60.9 Å². The van der Waals surface area contributed by atoms with Crippen molar-refractivity contribution in [2.45, 2.75) is 12.5 Å². The van der Waals surface area contributed by atoms with Crippen molar-refractivity contribution in [3.63, 3.8) is 0 Å². The van der Waals surface area contributed by atoms with Crippen molar-refractivity contribution in [1.82, 2.24) is 4.90 Å². The van der Waals surface area contributed by atoms with E-state index in [1.54, 1.807) is 31.3 Å². The molecule has 1 N–H and O–H groups in total. The minimum Gasteiger partial charge on any atom is -0.481 e. The molecule has 1 saturated heterocycles. The van der Waals surface area contributed by atoms with Crippen LogP contribution in [-0.4, -0.2) is 41.6 Å². The summed E-state index contributed by atoms with van der Waals surface area (Å²) in [5.41, 5.74) is 0.555. The van der Waals surface area contributed by atoms with Gasteiger partial charge in [-0.25, -0.2) is 4.79 Å². The number of rotatable bonds is 3. The average Bonchev–Trinajstić information content (AvgIpc) is 2.55. The zero-order valence-corrected chi connectivity index (χ0v) is 10.6. The van der Waals surface area contributed by atoms with Crippen molar-refractivity contribution in [2.75, 3.05) is 18.5 Å². The predicted molar refractivity (Wildman–Crippen MR) is 68.0 cm³/mol. The molecule has 0 aliphatic carbocycles. The Morgan fingerprint density at radius 2 is 2.17 bits per heavy atom. The Hall–Kier alpha value is -1.75. The van der Waals surface area contributed by atoms with Crippen LogP contribution in [0.3, 0.4) is 0 Å². The molecule has 0 aromatic heterocycles. The van der Waals surface area contributed by atoms with Crippen molar-refractivity contribution in [1.29, 1.82) is 0 Å². The van der Waals surface area contributed by atoms with E-state index in [0.29, 0.717) is 17.3 Å². The molecule has 1 aromatic rings. The second-order valence-electron chi connectivity index (χ2n) is 4.24. The standard InChI is InChI=1S/C12H13ClN2O3/c1-14-7-8(6-11(16)17)15(12(14)18)10-5-3-2-4-9(10)13/h2-5,8H,6-7H2,1H3,(H,16,17). The number of hydrogen-bond donors (Lipinski definition) is 1. The highest BCUT2D eigenvalue weighted by Crippen LogP contribution is 2.31. The van der Waals surface area contributed by atoms with Crippen LogP contribution in [0.5, 0.6) is 0 Å². The Labute approximate surface area is 110 Å². The van der Waals surface area contributed by atoms with Crippen LogP contribution in [0.15, 0.2) is 24.3 Å². The molecule has 0 saturated carbocycles. The molecule has 1 aliphatic heterocycles. The van der Waals surface area contributed by atoms with Crippen LogP contribution >= 0.6 is 11.6 Å². The summed E-state index contributed by atoms with van der Waals surface area (Å²) in [6, 6.07) is 6.32. The third kappa shape index (κ3) is 2.26. The first kappa shape index (κ1) is 12.7. The maximum absolute atomic E-state index is 12.1. The highest BCUT2D eigenvalue weighted by atomic mass is 35.5. The van der Waals surface area contributed by atoms with E-state index in [4.69, 9.17) is 16.7 Å². The maximum Gasteiger partial charge on any atom is 0.324 e. The molecule has 1 aromatic carbocycles. The lowest BCUT2D eigenvalue weighted by Gasteiger charge is -2.22. The van der Waals surface area contributed by atoms with Crippen LogP contribution in [-0.2, 0) is 4.79 Å². The Bertz CT molecular complexity index is 492. The number of carboxylic acids is 1. The molecular formula is C12H13ClN2O3. The summed E-state index contributed by atoms with van der Waals surface area (Å²) in [5, 5.41) is 9.33. The van der Waals surface area contributed by atoms with Gasteiger partial charge in [-0.15, -0.1) is 0 Å². The number of nitrogens with zero attached hydrogens (tertiary/aromatic N) is 2. The summed E-state index contributed by atoms with van der Waals surface area (Å²) in [7, 11) is 1.65. The fraction of sp³-hybridized carbons (Fsp3) is 0.333. The summed E-state index contributed by atoms with van der Waals surface area (Å²) < 4.78 is 0. The molecule has 18 heavy (non-hydrogen) atoms. The lowest BCUT2D eigenvalue weighted by molar-refractivity contribution is -0.137. The highest BCUT2D eigenvalue weighted by molar-refractivity contribution is 6.33. The van der Waals surface area contributed by atoms with E-state index in [9.17, 15) is 9.59 Å². The third-order valence-electron chi connectivity index (χ3n) is 2.90. The highest BCUT2D eigenvalue weighted by Gasteiger charge is 2.38. The van der Waals surface area contributed by atoms with Crippen molar-refractivity contribution in [3.05, 3.63) is 29.3 Å². The first-order valence-corrected chi connectivity index (χ1v) is 5.89. The smallest absolute Gasteiger partial charge is 0.324 e. The Morgan fingerprint density at radius 3 is 2.78 bits per heavy atom. The zero-order valence-electron chi connectivity index (χ0n) is 9.84. The number of para-hydroxylation sites is 1. The number of anilines is 1. The van der Waals surface area contributed by atoms with E-state index in [1.807, 2.05) is 0 Å². The SMILES string of the molecule is CN1CC(CC(=O)O)N(c2ccccc2Cl)C1=O. The van der Waals surface area contributed by atoms with Gasteiger partial charge >= 0.3 is 12.0 Å². The Kier molecular flexibility index (Phi) is 3.43. The van der Waals surface area contributed by atoms with Crippen LogP contribution in [0.4, 0.5) is 10.5 Å². The van der Waals surface area contributed by atoms with E-state index >= 15 is 0 Å². The molecule has 0 spiro atoms. The molecule has 1 unspecified atom stereocenters. The van der Waals surface area contributed by atoms with Crippen molar-refractivity contribution in [2.24, 2.45) is 0 Å². The minimum absolute atomic E-state index is 0.0959. The van der Waals surface area contributed by atoms with Gasteiger partial charge in [0, 0.05) is 13.6 Å². The number of amides is 2.